The van der Waals surface area contributed by atoms with Gasteiger partial charge in [-0.2, -0.15) is 0 Å². The molecule has 1 aromatic carbocycles. The SMILES string of the molecule is Brc1csc(CNC2CCN(Cc3ccccc3)CC2)c1. The quantitative estimate of drug-likeness (QED) is 0.852. The summed E-state index contributed by atoms with van der Waals surface area (Å²) in [6.07, 6.45) is 2.50. The molecule has 0 spiro atoms. The number of thiophene rings is 1. The van der Waals surface area contributed by atoms with E-state index in [1.54, 1.807) is 0 Å². The summed E-state index contributed by atoms with van der Waals surface area (Å²) in [5.41, 5.74) is 1.42. The lowest BCUT2D eigenvalue weighted by atomic mass is 10.0. The third kappa shape index (κ3) is 4.65. The molecule has 1 aliphatic heterocycles. The number of halogens is 1. The first-order valence-electron chi connectivity index (χ1n) is 7.52. The zero-order chi connectivity index (χ0) is 14.5. The van der Waals surface area contributed by atoms with Crippen LogP contribution in [0.15, 0.2) is 46.3 Å². The lowest BCUT2D eigenvalue weighted by Gasteiger charge is -2.32. The van der Waals surface area contributed by atoms with Gasteiger partial charge < -0.3 is 5.32 Å². The van der Waals surface area contributed by atoms with E-state index >= 15 is 0 Å². The Morgan fingerprint density at radius 1 is 1.19 bits per heavy atom. The van der Waals surface area contributed by atoms with Gasteiger partial charge >= 0.3 is 0 Å². The van der Waals surface area contributed by atoms with Gasteiger partial charge in [0.2, 0.25) is 0 Å². The minimum Gasteiger partial charge on any atom is -0.309 e. The zero-order valence-corrected chi connectivity index (χ0v) is 14.5. The van der Waals surface area contributed by atoms with Gasteiger partial charge in [0.15, 0.2) is 0 Å². The first-order chi connectivity index (χ1) is 10.3. The van der Waals surface area contributed by atoms with Gasteiger partial charge in [0, 0.05) is 33.9 Å². The maximum absolute atomic E-state index is 3.70. The highest BCUT2D eigenvalue weighted by atomic mass is 79.9. The number of rotatable bonds is 5. The highest BCUT2D eigenvalue weighted by Gasteiger charge is 2.18. The molecule has 1 N–H and O–H groups in total. The first kappa shape index (κ1) is 15.2. The van der Waals surface area contributed by atoms with Crippen LogP contribution in [-0.4, -0.2) is 24.0 Å². The number of nitrogens with one attached hydrogen (secondary N) is 1. The zero-order valence-electron chi connectivity index (χ0n) is 12.1. The Kier molecular flexibility index (Phi) is 5.47. The molecule has 1 saturated heterocycles. The monoisotopic (exact) mass is 364 g/mol. The lowest BCUT2D eigenvalue weighted by Crippen LogP contribution is -2.41. The normalized spacial score (nSPS) is 17.2. The van der Waals surface area contributed by atoms with E-state index < -0.39 is 0 Å². The van der Waals surface area contributed by atoms with Crippen molar-refractivity contribution in [1.29, 1.82) is 0 Å². The average Bonchev–Trinajstić information content (AvgIpc) is 2.93. The van der Waals surface area contributed by atoms with E-state index in [0.717, 1.165) is 13.1 Å². The molecule has 1 fully saturated rings. The van der Waals surface area contributed by atoms with Gasteiger partial charge in [-0.1, -0.05) is 30.3 Å². The lowest BCUT2D eigenvalue weighted by molar-refractivity contribution is 0.190. The maximum atomic E-state index is 3.70. The summed E-state index contributed by atoms with van der Waals surface area (Å²) in [4.78, 5) is 3.98. The third-order valence-electron chi connectivity index (χ3n) is 4.02. The Morgan fingerprint density at radius 3 is 2.62 bits per heavy atom. The van der Waals surface area contributed by atoms with Gasteiger partial charge in [-0.05, 0) is 53.5 Å². The van der Waals surface area contributed by atoms with E-state index in [1.165, 1.54) is 40.8 Å². The summed E-state index contributed by atoms with van der Waals surface area (Å²) in [5, 5.41) is 5.85. The number of likely N-dealkylation sites (tertiary alicyclic amines) is 1. The minimum absolute atomic E-state index is 0.665. The summed E-state index contributed by atoms with van der Waals surface area (Å²) < 4.78 is 1.20. The van der Waals surface area contributed by atoms with Crippen LogP contribution in [0.25, 0.3) is 0 Å². The average molecular weight is 365 g/mol. The fraction of sp³-hybridized carbons (Fsp3) is 0.412. The Morgan fingerprint density at radius 2 is 1.95 bits per heavy atom. The predicted octanol–water partition coefficient (Wildman–Crippen LogP) is 4.26. The number of hydrogen-bond acceptors (Lipinski definition) is 3. The largest absolute Gasteiger partial charge is 0.309 e. The number of piperidine rings is 1. The summed E-state index contributed by atoms with van der Waals surface area (Å²) in [5.74, 6) is 0. The molecule has 0 aliphatic carbocycles. The van der Waals surface area contributed by atoms with Crippen molar-refractivity contribution in [2.45, 2.75) is 32.0 Å². The van der Waals surface area contributed by atoms with Crippen molar-refractivity contribution < 1.29 is 0 Å². The van der Waals surface area contributed by atoms with Crippen molar-refractivity contribution in [3.05, 3.63) is 56.7 Å². The minimum atomic E-state index is 0.665. The molecule has 1 aliphatic rings. The van der Waals surface area contributed by atoms with Crippen molar-refractivity contribution in [3.8, 4) is 0 Å². The van der Waals surface area contributed by atoms with E-state index in [0.29, 0.717) is 6.04 Å². The molecule has 0 atom stereocenters. The van der Waals surface area contributed by atoms with Crippen LogP contribution in [0.2, 0.25) is 0 Å². The number of nitrogens with zero attached hydrogens (tertiary/aromatic N) is 1. The van der Waals surface area contributed by atoms with Gasteiger partial charge in [0.25, 0.3) is 0 Å². The smallest absolute Gasteiger partial charge is 0.0302 e. The fourth-order valence-corrected chi connectivity index (χ4v) is 4.23. The Labute approximate surface area is 139 Å². The van der Waals surface area contributed by atoms with Gasteiger partial charge in [-0.25, -0.2) is 0 Å². The molecule has 0 bridgehead atoms. The molecule has 0 radical (unpaired) electrons. The maximum Gasteiger partial charge on any atom is 0.0302 e. The van der Waals surface area contributed by atoms with Crippen molar-refractivity contribution in [3.63, 3.8) is 0 Å². The van der Waals surface area contributed by atoms with Crippen LogP contribution in [-0.2, 0) is 13.1 Å². The van der Waals surface area contributed by atoms with Gasteiger partial charge in [-0.3, -0.25) is 4.90 Å². The van der Waals surface area contributed by atoms with E-state index in [4.69, 9.17) is 0 Å². The molecule has 0 unspecified atom stereocenters. The third-order valence-corrected chi connectivity index (χ3v) is 5.72. The van der Waals surface area contributed by atoms with Gasteiger partial charge in [-0.15, -0.1) is 11.3 Å². The summed E-state index contributed by atoms with van der Waals surface area (Å²) in [6.45, 7) is 4.48. The van der Waals surface area contributed by atoms with Gasteiger partial charge in [0.05, 0.1) is 0 Å². The molecule has 1 aromatic heterocycles. The number of benzene rings is 1. The highest BCUT2D eigenvalue weighted by molar-refractivity contribution is 9.10. The molecule has 4 heteroatoms. The summed E-state index contributed by atoms with van der Waals surface area (Å²) >= 11 is 5.33. The second kappa shape index (κ2) is 7.54. The van der Waals surface area contributed by atoms with Gasteiger partial charge in [0.1, 0.15) is 0 Å². The van der Waals surface area contributed by atoms with Crippen LogP contribution < -0.4 is 5.32 Å². The first-order valence-corrected chi connectivity index (χ1v) is 9.19. The van der Waals surface area contributed by atoms with Crippen LogP contribution >= 0.6 is 27.3 Å². The van der Waals surface area contributed by atoms with Crippen molar-refractivity contribution in [2.75, 3.05) is 13.1 Å². The summed E-state index contributed by atoms with van der Waals surface area (Å²) in [6, 6.07) is 13.7. The molecule has 21 heavy (non-hydrogen) atoms. The molecule has 3 rings (SSSR count). The molecule has 0 amide bonds. The van der Waals surface area contributed by atoms with E-state index in [-0.39, 0.29) is 0 Å². The molecule has 0 saturated carbocycles. The fourth-order valence-electron chi connectivity index (χ4n) is 2.83. The van der Waals surface area contributed by atoms with Crippen LogP contribution in [0.3, 0.4) is 0 Å². The highest BCUT2D eigenvalue weighted by Crippen LogP contribution is 2.20. The molecule has 2 nitrogen and oxygen atoms in total. The summed E-state index contributed by atoms with van der Waals surface area (Å²) in [7, 11) is 0. The van der Waals surface area contributed by atoms with Crippen LogP contribution in [0.4, 0.5) is 0 Å². The topological polar surface area (TPSA) is 15.3 Å². The predicted molar refractivity (Wildman–Crippen MR) is 93.6 cm³/mol. The Hall–Kier alpha value is -0.680. The molecular weight excluding hydrogens is 344 g/mol. The Bertz CT molecular complexity index is 547. The second-order valence-electron chi connectivity index (χ2n) is 5.65. The van der Waals surface area contributed by atoms with Crippen molar-refractivity contribution in [2.24, 2.45) is 0 Å². The van der Waals surface area contributed by atoms with Crippen molar-refractivity contribution in [1.82, 2.24) is 10.2 Å². The molecule has 2 aromatic rings. The van der Waals surface area contributed by atoms with E-state index in [1.807, 2.05) is 11.3 Å². The van der Waals surface area contributed by atoms with Crippen molar-refractivity contribution >= 4 is 27.3 Å². The van der Waals surface area contributed by atoms with Crippen LogP contribution in [0.5, 0.6) is 0 Å². The molecular formula is C17H21BrN2S. The number of hydrogen-bond donors (Lipinski definition) is 1. The Balaban J connectivity index is 1.40. The molecule has 112 valence electrons. The standard InChI is InChI=1S/C17H21BrN2S/c18-15-10-17(21-13-15)11-19-16-6-8-20(9-7-16)12-14-4-2-1-3-5-14/h1-5,10,13,16,19H,6-9,11-12H2. The molecule has 2 heterocycles. The van der Waals surface area contributed by atoms with E-state index in [9.17, 15) is 0 Å². The second-order valence-corrected chi connectivity index (χ2v) is 7.56. The van der Waals surface area contributed by atoms with E-state index in [2.05, 4.69) is 67.9 Å². The van der Waals surface area contributed by atoms with Crippen LogP contribution in [0.1, 0.15) is 23.3 Å². The van der Waals surface area contributed by atoms with Crippen LogP contribution in [0, 0.1) is 0 Å².